The van der Waals surface area contributed by atoms with E-state index in [1.54, 1.807) is 0 Å². The number of benzene rings is 2. The lowest BCUT2D eigenvalue weighted by Gasteiger charge is -2.16. The predicted molar refractivity (Wildman–Crippen MR) is 169 cm³/mol. The van der Waals surface area contributed by atoms with Gasteiger partial charge in [0, 0.05) is 35.0 Å². The molecular weight excluding hydrogens is 488 g/mol. The molecule has 4 heterocycles. The number of aromatic nitrogens is 2. The van der Waals surface area contributed by atoms with E-state index < -0.39 is 0 Å². The largest absolute Gasteiger partial charge is 0.353 e. The zero-order valence-electron chi connectivity index (χ0n) is 24.0. The van der Waals surface area contributed by atoms with Crippen LogP contribution in [0.25, 0.3) is 22.5 Å². The van der Waals surface area contributed by atoms with Crippen LogP contribution >= 0.6 is 0 Å². The van der Waals surface area contributed by atoms with Crippen molar-refractivity contribution in [3.05, 3.63) is 140 Å². The highest BCUT2D eigenvalue weighted by Crippen LogP contribution is 2.37. The molecule has 4 heteroatoms. The monoisotopic (exact) mass is 522 g/mol. The molecule has 0 bridgehead atoms. The van der Waals surface area contributed by atoms with E-state index in [1.165, 1.54) is 44.5 Å². The second kappa shape index (κ2) is 10.1. The average molecular weight is 523 g/mol. The van der Waals surface area contributed by atoms with Crippen LogP contribution in [-0.4, -0.2) is 22.4 Å². The third-order valence-electron chi connectivity index (χ3n) is 7.67. The van der Waals surface area contributed by atoms with Crippen LogP contribution < -0.4 is 0 Å². The highest BCUT2D eigenvalue weighted by atomic mass is 14.8. The Morgan fingerprint density at radius 3 is 1.23 bits per heavy atom. The van der Waals surface area contributed by atoms with Gasteiger partial charge in [0.1, 0.15) is 0 Å². The van der Waals surface area contributed by atoms with Gasteiger partial charge < -0.3 is 9.97 Å². The molecule has 0 unspecified atom stereocenters. The number of aromatic amines is 2. The molecule has 40 heavy (non-hydrogen) atoms. The number of hydrogen-bond acceptors (Lipinski definition) is 2. The SMILES string of the molecule is Cc1cc(C)c(/C(=C2\C=CC=N2)c2ccc(-c3ccc(/C(=C4\C=CC=N4)c4c(C)cc(C)cc4C)[nH]3)[nH]2)c(C)c1. The summed E-state index contributed by atoms with van der Waals surface area (Å²) in [6.07, 6.45) is 11.9. The molecule has 4 nitrogen and oxygen atoms in total. The minimum atomic E-state index is 0.971. The van der Waals surface area contributed by atoms with Gasteiger partial charge in [0.15, 0.2) is 0 Å². The van der Waals surface area contributed by atoms with Gasteiger partial charge in [-0.2, -0.15) is 0 Å². The Hall–Kier alpha value is -4.70. The zero-order chi connectivity index (χ0) is 28.0. The van der Waals surface area contributed by atoms with Gasteiger partial charge in [-0.3, -0.25) is 9.98 Å². The summed E-state index contributed by atoms with van der Waals surface area (Å²) >= 11 is 0. The van der Waals surface area contributed by atoms with Gasteiger partial charge in [0.25, 0.3) is 0 Å². The lowest BCUT2D eigenvalue weighted by atomic mass is 9.90. The highest BCUT2D eigenvalue weighted by molar-refractivity contribution is 5.92. The Bertz CT molecular complexity index is 1630. The van der Waals surface area contributed by atoms with Gasteiger partial charge in [-0.05, 0) is 123 Å². The second-order valence-corrected chi connectivity index (χ2v) is 10.9. The van der Waals surface area contributed by atoms with Crippen molar-refractivity contribution in [2.24, 2.45) is 9.98 Å². The standard InChI is InChI=1S/C36H34N4/c1-21-17-23(3)33(24(4)18-21)35(29-9-7-15-37-29)31-13-11-27(39-31)28-12-14-32(40-28)36(30-10-8-16-38-30)34-25(5)19-22(2)20-26(34)6/h7-20,39-40H,1-6H3/b35-29-,36-30+. The van der Waals surface area contributed by atoms with Crippen molar-refractivity contribution in [2.45, 2.75) is 41.5 Å². The van der Waals surface area contributed by atoms with Crippen LogP contribution in [0, 0.1) is 41.5 Å². The Kier molecular flexibility index (Phi) is 6.47. The highest BCUT2D eigenvalue weighted by Gasteiger charge is 2.21. The number of hydrogen-bond donors (Lipinski definition) is 2. The third-order valence-corrected chi connectivity index (χ3v) is 7.67. The molecule has 0 radical (unpaired) electrons. The first-order chi connectivity index (χ1) is 19.3. The van der Waals surface area contributed by atoms with Crippen LogP contribution in [0.1, 0.15) is 55.9 Å². The van der Waals surface area contributed by atoms with Crippen LogP contribution in [0.5, 0.6) is 0 Å². The normalized spacial score (nSPS) is 16.4. The third kappa shape index (κ3) is 4.56. The van der Waals surface area contributed by atoms with Crippen LogP contribution in [0.2, 0.25) is 0 Å². The molecule has 0 atom stereocenters. The molecule has 2 aliphatic heterocycles. The van der Waals surface area contributed by atoms with Crippen molar-refractivity contribution in [2.75, 3.05) is 0 Å². The first-order valence-electron chi connectivity index (χ1n) is 13.8. The summed E-state index contributed by atoms with van der Waals surface area (Å²) in [4.78, 5) is 16.8. The molecule has 0 fully saturated rings. The summed E-state index contributed by atoms with van der Waals surface area (Å²) in [6, 6.07) is 17.6. The number of allylic oxidation sites excluding steroid dienone is 4. The summed E-state index contributed by atoms with van der Waals surface area (Å²) in [5.74, 6) is 0. The van der Waals surface area contributed by atoms with Gasteiger partial charge in [0.05, 0.1) is 22.8 Å². The summed E-state index contributed by atoms with van der Waals surface area (Å²) in [7, 11) is 0. The number of nitrogens with zero attached hydrogens (tertiary/aromatic N) is 2. The van der Waals surface area contributed by atoms with E-state index in [9.17, 15) is 0 Å². The van der Waals surface area contributed by atoms with Gasteiger partial charge in [-0.1, -0.05) is 35.4 Å². The molecular formula is C36H34N4. The molecule has 0 saturated carbocycles. The average Bonchev–Trinajstić information content (AvgIpc) is 3.72. The summed E-state index contributed by atoms with van der Waals surface area (Å²) in [5.41, 5.74) is 18.3. The van der Waals surface area contributed by atoms with E-state index in [1.807, 2.05) is 24.6 Å². The summed E-state index contributed by atoms with van der Waals surface area (Å²) < 4.78 is 0. The topological polar surface area (TPSA) is 56.3 Å². The quantitative estimate of drug-likeness (QED) is 0.263. The fourth-order valence-corrected chi connectivity index (χ4v) is 6.24. The molecule has 2 N–H and O–H groups in total. The molecule has 2 aromatic carbocycles. The minimum absolute atomic E-state index is 0.971. The zero-order valence-corrected chi connectivity index (χ0v) is 24.0. The van der Waals surface area contributed by atoms with Crippen LogP contribution in [0.15, 0.2) is 94.2 Å². The molecule has 0 amide bonds. The lowest BCUT2D eigenvalue weighted by Crippen LogP contribution is -2.00. The fourth-order valence-electron chi connectivity index (χ4n) is 6.24. The van der Waals surface area contributed by atoms with Crippen molar-refractivity contribution >= 4 is 23.6 Å². The fraction of sp³-hybridized carbons (Fsp3) is 0.167. The Balaban J connectivity index is 1.45. The molecule has 0 aliphatic carbocycles. The van der Waals surface area contributed by atoms with Gasteiger partial charge in [-0.15, -0.1) is 0 Å². The maximum absolute atomic E-state index is 4.69. The Morgan fingerprint density at radius 2 is 0.900 bits per heavy atom. The van der Waals surface area contributed by atoms with Gasteiger partial charge >= 0.3 is 0 Å². The predicted octanol–water partition coefficient (Wildman–Crippen LogP) is 8.66. The Morgan fingerprint density at radius 1 is 0.525 bits per heavy atom. The number of aliphatic imine (C=N–C) groups is 2. The number of aryl methyl sites for hydroxylation is 6. The molecule has 2 aliphatic rings. The maximum atomic E-state index is 4.69. The first kappa shape index (κ1) is 25.6. The van der Waals surface area contributed by atoms with Crippen LogP contribution in [0.4, 0.5) is 0 Å². The maximum Gasteiger partial charge on any atom is 0.0729 e. The Labute approximate surface area is 236 Å². The van der Waals surface area contributed by atoms with Gasteiger partial charge in [-0.25, -0.2) is 0 Å². The number of nitrogens with one attached hydrogen (secondary N) is 2. The second-order valence-electron chi connectivity index (χ2n) is 10.9. The van der Waals surface area contributed by atoms with Crippen LogP contribution in [0.3, 0.4) is 0 Å². The van der Waals surface area contributed by atoms with Crippen molar-refractivity contribution in [1.82, 2.24) is 9.97 Å². The summed E-state index contributed by atoms with van der Waals surface area (Å²) in [5, 5.41) is 0. The van der Waals surface area contributed by atoms with Crippen LogP contribution in [-0.2, 0) is 0 Å². The van der Waals surface area contributed by atoms with E-state index in [4.69, 9.17) is 9.98 Å². The smallest absolute Gasteiger partial charge is 0.0729 e. The minimum Gasteiger partial charge on any atom is -0.353 e. The molecule has 0 saturated heterocycles. The van der Waals surface area contributed by atoms with Crippen molar-refractivity contribution < 1.29 is 0 Å². The molecule has 2 aromatic heterocycles. The van der Waals surface area contributed by atoms with Crippen molar-refractivity contribution in [3.63, 3.8) is 0 Å². The van der Waals surface area contributed by atoms with Gasteiger partial charge in [0.2, 0.25) is 0 Å². The van der Waals surface area contributed by atoms with E-state index in [0.717, 1.165) is 45.3 Å². The number of rotatable bonds is 5. The van der Waals surface area contributed by atoms with E-state index in [0.29, 0.717) is 0 Å². The molecule has 4 aromatic rings. The molecule has 0 spiro atoms. The van der Waals surface area contributed by atoms with E-state index in [2.05, 4.69) is 112 Å². The lowest BCUT2D eigenvalue weighted by molar-refractivity contribution is 1.23. The van der Waals surface area contributed by atoms with Crippen molar-refractivity contribution in [3.8, 4) is 11.4 Å². The van der Waals surface area contributed by atoms with Crippen molar-refractivity contribution in [1.29, 1.82) is 0 Å². The number of H-pyrrole nitrogens is 2. The van der Waals surface area contributed by atoms with E-state index in [-0.39, 0.29) is 0 Å². The molecule has 198 valence electrons. The first-order valence-corrected chi connectivity index (χ1v) is 13.8. The van der Waals surface area contributed by atoms with E-state index >= 15 is 0 Å². The molecule has 6 rings (SSSR count). The summed E-state index contributed by atoms with van der Waals surface area (Å²) in [6.45, 7) is 13.0.